The molecule has 1 heterocycles. The van der Waals surface area contributed by atoms with Gasteiger partial charge in [-0.05, 0) is 25.3 Å². The van der Waals surface area contributed by atoms with E-state index in [0.29, 0.717) is 5.92 Å². The van der Waals surface area contributed by atoms with Gasteiger partial charge in [0.15, 0.2) is 0 Å². The van der Waals surface area contributed by atoms with E-state index in [1.807, 2.05) is 12.1 Å². The molecule has 3 atom stereocenters. The Morgan fingerprint density at radius 3 is 2.71 bits per heavy atom. The number of piperidine rings is 1. The van der Waals surface area contributed by atoms with Crippen molar-refractivity contribution in [1.29, 1.82) is 0 Å². The summed E-state index contributed by atoms with van der Waals surface area (Å²) in [5.41, 5.74) is 6.81. The molecule has 0 amide bonds. The number of hydrogen-bond donors (Lipinski definition) is 1. The molecule has 3 unspecified atom stereocenters. The molecule has 2 rings (SSSR count). The maximum absolute atomic E-state index is 13.7. The van der Waals surface area contributed by atoms with Gasteiger partial charge in [-0.2, -0.15) is 0 Å². The summed E-state index contributed by atoms with van der Waals surface area (Å²) in [5.74, 6) is 0.472. The van der Waals surface area contributed by atoms with Crippen LogP contribution in [0.25, 0.3) is 0 Å². The third kappa shape index (κ3) is 2.85. The molecule has 1 fully saturated rings. The molecule has 3 heteroatoms. The lowest BCUT2D eigenvalue weighted by Gasteiger charge is -2.38. The third-order valence-corrected chi connectivity index (χ3v) is 3.62. The van der Waals surface area contributed by atoms with E-state index in [0.717, 1.165) is 25.1 Å². The van der Waals surface area contributed by atoms with Gasteiger partial charge in [0.05, 0.1) is 0 Å². The molecule has 2 nitrogen and oxygen atoms in total. The van der Waals surface area contributed by atoms with Crippen LogP contribution in [0.4, 0.5) is 4.39 Å². The van der Waals surface area contributed by atoms with Crippen molar-refractivity contribution in [3.8, 4) is 0 Å². The number of rotatable bonds is 2. The van der Waals surface area contributed by atoms with E-state index >= 15 is 0 Å². The molecular formula is C14H21FN2. The van der Waals surface area contributed by atoms with Gasteiger partial charge in [0.25, 0.3) is 0 Å². The van der Waals surface area contributed by atoms with Crippen LogP contribution in [0.1, 0.15) is 31.9 Å². The van der Waals surface area contributed by atoms with E-state index in [4.69, 9.17) is 5.73 Å². The van der Waals surface area contributed by atoms with Gasteiger partial charge in [-0.3, -0.25) is 4.90 Å². The molecule has 1 saturated heterocycles. The van der Waals surface area contributed by atoms with Crippen LogP contribution in [0.3, 0.4) is 0 Å². The molecular weight excluding hydrogens is 215 g/mol. The van der Waals surface area contributed by atoms with Gasteiger partial charge in [0.1, 0.15) is 5.82 Å². The molecule has 0 bridgehead atoms. The molecule has 0 spiro atoms. The fourth-order valence-electron chi connectivity index (χ4n) is 2.77. The Bertz CT molecular complexity index is 370. The van der Waals surface area contributed by atoms with Gasteiger partial charge < -0.3 is 5.73 Å². The maximum atomic E-state index is 13.7. The van der Waals surface area contributed by atoms with Crippen LogP contribution in [-0.4, -0.2) is 24.0 Å². The molecule has 0 aliphatic carbocycles. The van der Waals surface area contributed by atoms with E-state index < -0.39 is 0 Å². The highest BCUT2D eigenvalue weighted by Crippen LogP contribution is 2.27. The van der Waals surface area contributed by atoms with Crippen molar-refractivity contribution < 1.29 is 4.39 Å². The summed E-state index contributed by atoms with van der Waals surface area (Å²) in [6, 6.07) is 7.33. The first-order valence-corrected chi connectivity index (χ1v) is 6.32. The zero-order valence-corrected chi connectivity index (χ0v) is 10.6. The molecule has 17 heavy (non-hydrogen) atoms. The van der Waals surface area contributed by atoms with Gasteiger partial charge in [0.2, 0.25) is 0 Å². The summed E-state index contributed by atoms with van der Waals surface area (Å²) in [4.78, 5) is 2.29. The average molecular weight is 236 g/mol. The van der Waals surface area contributed by atoms with Crippen molar-refractivity contribution in [2.45, 2.75) is 32.4 Å². The largest absolute Gasteiger partial charge is 0.327 e. The lowest BCUT2D eigenvalue weighted by molar-refractivity contribution is 0.122. The van der Waals surface area contributed by atoms with Crippen LogP contribution >= 0.6 is 0 Å². The van der Waals surface area contributed by atoms with Crippen molar-refractivity contribution >= 4 is 0 Å². The number of benzene rings is 1. The number of halogens is 1. The van der Waals surface area contributed by atoms with E-state index in [1.165, 1.54) is 6.07 Å². The van der Waals surface area contributed by atoms with Crippen molar-refractivity contribution in [1.82, 2.24) is 4.90 Å². The van der Waals surface area contributed by atoms with Crippen LogP contribution < -0.4 is 5.73 Å². The predicted octanol–water partition coefficient (Wildman–Crippen LogP) is 2.56. The Hall–Kier alpha value is -0.930. The maximum Gasteiger partial charge on any atom is 0.127 e. The van der Waals surface area contributed by atoms with Gasteiger partial charge in [-0.15, -0.1) is 0 Å². The Balaban J connectivity index is 2.14. The molecule has 0 aromatic heterocycles. The van der Waals surface area contributed by atoms with Crippen molar-refractivity contribution in [3.05, 3.63) is 35.6 Å². The molecule has 1 aliphatic heterocycles. The fourth-order valence-corrected chi connectivity index (χ4v) is 2.77. The summed E-state index contributed by atoms with van der Waals surface area (Å²) in [7, 11) is 0. The normalized spacial score (nSPS) is 28.0. The molecule has 1 aromatic carbocycles. The molecule has 94 valence electrons. The summed E-state index contributed by atoms with van der Waals surface area (Å²) in [6.45, 7) is 6.13. The number of nitrogens with zero attached hydrogens (tertiary/aromatic N) is 1. The molecule has 0 radical (unpaired) electrons. The van der Waals surface area contributed by atoms with Crippen LogP contribution in [0.5, 0.6) is 0 Å². The van der Waals surface area contributed by atoms with E-state index in [9.17, 15) is 4.39 Å². The number of nitrogens with two attached hydrogens (primary N) is 1. The first kappa shape index (κ1) is 12.5. The zero-order chi connectivity index (χ0) is 12.4. The van der Waals surface area contributed by atoms with E-state index in [2.05, 4.69) is 18.7 Å². The van der Waals surface area contributed by atoms with Crippen LogP contribution in [0.15, 0.2) is 24.3 Å². The molecule has 0 saturated carbocycles. The molecule has 1 aliphatic rings. The Morgan fingerprint density at radius 2 is 2.06 bits per heavy atom. The van der Waals surface area contributed by atoms with Gasteiger partial charge in [0, 0.05) is 30.7 Å². The van der Waals surface area contributed by atoms with Crippen LogP contribution in [-0.2, 0) is 0 Å². The Kier molecular flexibility index (Phi) is 3.79. The van der Waals surface area contributed by atoms with Crippen molar-refractivity contribution in [3.63, 3.8) is 0 Å². The predicted molar refractivity (Wildman–Crippen MR) is 68.1 cm³/mol. The SMILES string of the molecule is CC1CC(N)CN(C(C)c2ccccc2F)C1. The Morgan fingerprint density at radius 1 is 1.35 bits per heavy atom. The zero-order valence-electron chi connectivity index (χ0n) is 10.6. The smallest absolute Gasteiger partial charge is 0.127 e. The Labute approximate surface area is 103 Å². The lowest BCUT2D eigenvalue weighted by Crippen LogP contribution is -2.47. The van der Waals surface area contributed by atoms with Gasteiger partial charge >= 0.3 is 0 Å². The number of likely N-dealkylation sites (tertiary alicyclic amines) is 1. The van der Waals surface area contributed by atoms with Crippen molar-refractivity contribution in [2.75, 3.05) is 13.1 Å². The molecule has 1 aromatic rings. The molecule has 2 N–H and O–H groups in total. The highest BCUT2D eigenvalue weighted by atomic mass is 19.1. The second-order valence-electron chi connectivity index (χ2n) is 5.25. The van der Waals surface area contributed by atoms with E-state index in [1.54, 1.807) is 6.07 Å². The first-order valence-electron chi connectivity index (χ1n) is 6.32. The van der Waals surface area contributed by atoms with Gasteiger partial charge in [-0.1, -0.05) is 25.1 Å². The van der Waals surface area contributed by atoms with Crippen LogP contribution in [0.2, 0.25) is 0 Å². The van der Waals surface area contributed by atoms with Crippen molar-refractivity contribution in [2.24, 2.45) is 11.7 Å². The second kappa shape index (κ2) is 5.15. The number of hydrogen-bond acceptors (Lipinski definition) is 2. The minimum atomic E-state index is -0.119. The minimum Gasteiger partial charge on any atom is -0.327 e. The lowest BCUT2D eigenvalue weighted by atomic mass is 9.94. The summed E-state index contributed by atoms with van der Waals surface area (Å²) >= 11 is 0. The topological polar surface area (TPSA) is 29.3 Å². The highest BCUT2D eigenvalue weighted by molar-refractivity contribution is 5.21. The third-order valence-electron chi connectivity index (χ3n) is 3.62. The monoisotopic (exact) mass is 236 g/mol. The summed E-state index contributed by atoms with van der Waals surface area (Å²) in [5, 5.41) is 0. The standard InChI is InChI=1S/C14H21FN2/c1-10-7-12(16)9-17(8-10)11(2)13-5-3-4-6-14(13)15/h3-6,10-12H,7-9,16H2,1-2H3. The van der Waals surface area contributed by atoms with Gasteiger partial charge in [-0.25, -0.2) is 4.39 Å². The average Bonchev–Trinajstić information content (AvgIpc) is 2.27. The summed E-state index contributed by atoms with van der Waals surface area (Å²) < 4.78 is 13.7. The first-order chi connectivity index (χ1) is 8.08. The highest BCUT2D eigenvalue weighted by Gasteiger charge is 2.27. The fraction of sp³-hybridized carbons (Fsp3) is 0.571. The van der Waals surface area contributed by atoms with E-state index in [-0.39, 0.29) is 17.9 Å². The summed E-state index contributed by atoms with van der Waals surface area (Å²) in [6.07, 6.45) is 1.07. The van der Waals surface area contributed by atoms with Crippen LogP contribution in [0, 0.1) is 11.7 Å². The minimum absolute atomic E-state index is 0.102. The second-order valence-corrected chi connectivity index (χ2v) is 5.25. The quantitative estimate of drug-likeness (QED) is 0.855.